The molecule has 22 heavy (non-hydrogen) atoms. The van der Waals surface area contributed by atoms with E-state index in [9.17, 15) is 4.79 Å². The van der Waals surface area contributed by atoms with Crippen LogP contribution in [0, 0.1) is 11.8 Å². The monoisotopic (exact) mass is 321 g/mol. The molecule has 0 unspecified atom stereocenters. The first-order valence-electron chi connectivity index (χ1n) is 7.96. The lowest BCUT2D eigenvalue weighted by Crippen LogP contribution is -2.57. The van der Waals surface area contributed by atoms with E-state index in [1.165, 1.54) is 19.3 Å². The number of hydrogen-bond donors (Lipinski definition) is 1. The number of rotatable bonds is 1. The maximum Gasteiger partial charge on any atom is 0.322 e. The molecule has 1 aromatic heterocycles. The molecule has 2 aliphatic carbocycles. The average molecular weight is 322 g/mol. The largest absolute Gasteiger partial charge is 0.371 e. The molecule has 118 valence electrons. The highest BCUT2D eigenvalue weighted by molar-refractivity contribution is 6.29. The second-order valence-corrected chi connectivity index (χ2v) is 7.10. The van der Waals surface area contributed by atoms with Gasteiger partial charge in [0, 0.05) is 6.54 Å². The molecule has 2 heterocycles. The van der Waals surface area contributed by atoms with Crippen LogP contribution < -0.4 is 5.32 Å². The number of halogens is 1. The van der Waals surface area contributed by atoms with E-state index in [0.717, 1.165) is 12.3 Å². The third kappa shape index (κ3) is 2.46. The molecule has 0 radical (unpaired) electrons. The zero-order chi connectivity index (χ0) is 15.2. The third-order valence-electron chi connectivity index (χ3n) is 5.39. The molecule has 1 aliphatic heterocycles. The molecule has 2 amide bonds. The molecule has 4 rings (SSSR count). The molecule has 1 saturated heterocycles. The zero-order valence-electron chi connectivity index (χ0n) is 12.4. The van der Waals surface area contributed by atoms with Gasteiger partial charge in [0.1, 0.15) is 5.15 Å². The molecule has 6 heteroatoms. The summed E-state index contributed by atoms with van der Waals surface area (Å²) in [6, 6.07) is 3.36. The van der Waals surface area contributed by atoms with Gasteiger partial charge in [0.05, 0.1) is 30.6 Å². The van der Waals surface area contributed by atoms with Crippen LogP contribution in [0.25, 0.3) is 0 Å². The summed E-state index contributed by atoms with van der Waals surface area (Å²) < 4.78 is 6.16. The number of nitrogens with zero attached hydrogens (tertiary/aromatic N) is 2. The van der Waals surface area contributed by atoms with Crippen molar-refractivity contribution in [2.45, 2.75) is 31.3 Å². The number of anilines is 1. The summed E-state index contributed by atoms with van der Waals surface area (Å²) in [6.07, 6.45) is 6.55. The molecule has 5 nitrogen and oxygen atoms in total. The second-order valence-electron chi connectivity index (χ2n) is 6.71. The molecule has 1 N–H and O–H groups in total. The van der Waals surface area contributed by atoms with Crippen molar-refractivity contribution in [3.8, 4) is 0 Å². The van der Waals surface area contributed by atoms with E-state index in [1.54, 1.807) is 18.3 Å². The van der Waals surface area contributed by atoms with Crippen LogP contribution in [0.2, 0.25) is 5.15 Å². The zero-order valence-corrected chi connectivity index (χ0v) is 13.2. The minimum Gasteiger partial charge on any atom is -0.371 e. The Morgan fingerprint density at radius 3 is 3.05 bits per heavy atom. The van der Waals surface area contributed by atoms with Crippen LogP contribution in [0.4, 0.5) is 10.5 Å². The van der Waals surface area contributed by atoms with Crippen LogP contribution in [0.15, 0.2) is 18.3 Å². The minimum absolute atomic E-state index is 0.0745. The summed E-state index contributed by atoms with van der Waals surface area (Å²) in [5, 5.41) is 3.32. The highest BCUT2D eigenvalue weighted by atomic mass is 35.5. The molecule has 1 aromatic rings. The van der Waals surface area contributed by atoms with Crippen molar-refractivity contribution >= 4 is 23.3 Å². The Kier molecular flexibility index (Phi) is 3.50. The predicted octanol–water partition coefficient (Wildman–Crippen LogP) is 3.16. The molecule has 2 saturated carbocycles. The van der Waals surface area contributed by atoms with Gasteiger partial charge in [-0.3, -0.25) is 0 Å². The van der Waals surface area contributed by atoms with Crippen molar-refractivity contribution in [2.75, 3.05) is 25.0 Å². The lowest BCUT2D eigenvalue weighted by molar-refractivity contribution is -0.126. The van der Waals surface area contributed by atoms with E-state index in [2.05, 4.69) is 10.3 Å². The van der Waals surface area contributed by atoms with Gasteiger partial charge in [-0.25, -0.2) is 9.78 Å². The van der Waals surface area contributed by atoms with Crippen LogP contribution in [-0.2, 0) is 4.74 Å². The van der Waals surface area contributed by atoms with Crippen molar-refractivity contribution in [3.05, 3.63) is 23.5 Å². The molecule has 3 fully saturated rings. The maximum atomic E-state index is 12.5. The Bertz CT molecular complexity index is 579. The topological polar surface area (TPSA) is 54.5 Å². The molecular weight excluding hydrogens is 302 g/mol. The summed E-state index contributed by atoms with van der Waals surface area (Å²) >= 11 is 5.76. The fourth-order valence-electron chi connectivity index (χ4n) is 4.40. The minimum atomic E-state index is -0.0866. The second kappa shape index (κ2) is 5.39. The Morgan fingerprint density at radius 2 is 2.36 bits per heavy atom. The number of urea groups is 1. The number of morpholine rings is 1. The number of fused-ring (bicyclic) bond motifs is 3. The summed E-state index contributed by atoms with van der Waals surface area (Å²) in [6.45, 7) is 1.99. The van der Waals surface area contributed by atoms with Crippen molar-refractivity contribution in [1.29, 1.82) is 0 Å². The molecule has 3 aliphatic rings. The standard InChI is InChI=1S/C16H20ClN3O2/c17-14-4-3-13(9-18-14)19-15(21)20-5-6-22-16(10-20)8-11-1-2-12(16)7-11/h3-4,9,11-12H,1-2,5-8,10H2,(H,19,21)/t11-,12-,16-/m0/s1. The molecule has 3 atom stereocenters. The van der Waals surface area contributed by atoms with Gasteiger partial charge in [-0.2, -0.15) is 0 Å². The fourth-order valence-corrected chi connectivity index (χ4v) is 4.51. The highest BCUT2D eigenvalue weighted by Gasteiger charge is 2.54. The first kappa shape index (κ1) is 14.3. The van der Waals surface area contributed by atoms with Gasteiger partial charge in [-0.05, 0) is 49.7 Å². The van der Waals surface area contributed by atoms with E-state index < -0.39 is 0 Å². The molecule has 2 bridgehead atoms. The van der Waals surface area contributed by atoms with Crippen LogP contribution in [0.1, 0.15) is 25.7 Å². The number of pyridine rings is 1. The first-order valence-corrected chi connectivity index (χ1v) is 8.34. The lowest BCUT2D eigenvalue weighted by Gasteiger charge is -2.45. The smallest absolute Gasteiger partial charge is 0.322 e. The van der Waals surface area contributed by atoms with E-state index in [0.29, 0.717) is 36.5 Å². The van der Waals surface area contributed by atoms with Crippen molar-refractivity contribution in [1.82, 2.24) is 9.88 Å². The quantitative estimate of drug-likeness (QED) is 0.808. The number of ether oxygens (including phenoxy) is 1. The Labute approximate surface area is 135 Å². The van der Waals surface area contributed by atoms with Gasteiger partial charge in [0.25, 0.3) is 0 Å². The van der Waals surface area contributed by atoms with Crippen LogP contribution in [0.3, 0.4) is 0 Å². The summed E-state index contributed by atoms with van der Waals surface area (Å²) in [7, 11) is 0. The molecule has 1 spiro atoms. The van der Waals surface area contributed by atoms with Crippen molar-refractivity contribution in [2.24, 2.45) is 11.8 Å². The highest BCUT2D eigenvalue weighted by Crippen LogP contribution is 2.53. The number of aromatic nitrogens is 1. The number of hydrogen-bond acceptors (Lipinski definition) is 3. The fraction of sp³-hybridized carbons (Fsp3) is 0.625. The van der Waals surface area contributed by atoms with E-state index in [4.69, 9.17) is 16.3 Å². The molecule has 0 aromatic carbocycles. The number of carbonyl (C=O) groups excluding carboxylic acids is 1. The normalized spacial score (nSPS) is 33.4. The number of carbonyl (C=O) groups is 1. The number of nitrogens with one attached hydrogen (secondary N) is 1. The van der Waals surface area contributed by atoms with Gasteiger partial charge in [-0.1, -0.05) is 11.6 Å². The predicted molar refractivity (Wildman–Crippen MR) is 84.0 cm³/mol. The summed E-state index contributed by atoms with van der Waals surface area (Å²) in [4.78, 5) is 18.4. The van der Waals surface area contributed by atoms with Gasteiger partial charge in [0.2, 0.25) is 0 Å². The third-order valence-corrected chi connectivity index (χ3v) is 5.62. The maximum absolute atomic E-state index is 12.5. The van der Waals surface area contributed by atoms with Gasteiger partial charge < -0.3 is 15.0 Å². The van der Waals surface area contributed by atoms with Crippen LogP contribution in [-0.4, -0.2) is 41.2 Å². The summed E-state index contributed by atoms with van der Waals surface area (Å²) in [5.74, 6) is 1.43. The van der Waals surface area contributed by atoms with Crippen molar-refractivity contribution in [3.63, 3.8) is 0 Å². The van der Waals surface area contributed by atoms with Gasteiger partial charge in [0.15, 0.2) is 0 Å². The van der Waals surface area contributed by atoms with E-state index >= 15 is 0 Å². The van der Waals surface area contributed by atoms with Gasteiger partial charge >= 0.3 is 6.03 Å². The van der Waals surface area contributed by atoms with Gasteiger partial charge in [-0.15, -0.1) is 0 Å². The first-order chi connectivity index (χ1) is 10.6. The Hall–Kier alpha value is -1.33. The van der Waals surface area contributed by atoms with E-state index in [1.807, 2.05) is 4.90 Å². The summed E-state index contributed by atoms with van der Waals surface area (Å²) in [5.41, 5.74) is 0.583. The Morgan fingerprint density at radius 1 is 1.45 bits per heavy atom. The SMILES string of the molecule is O=C(Nc1ccc(Cl)nc1)N1CCO[C@@]2(C[C@H]3CC[C@H]2C3)C1. The Balaban J connectivity index is 1.44. The van der Waals surface area contributed by atoms with Crippen LogP contribution >= 0.6 is 11.6 Å². The molecular formula is C16H20ClN3O2. The van der Waals surface area contributed by atoms with E-state index in [-0.39, 0.29) is 11.6 Å². The van der Waals surface area contributed by atoms with Crippen LogP contribution in [0.5, 0.6) is 0 Å². The lowest BCUT2D eigenvalue weighted by atomic mass is 9.83. The number of amides is 2. The average Bonchev–Trinajstić information content (AvgIpc) is 3.10. The van der Waals surface area contributed by atoms with Crippen molar-refractivity contribution < 1.29 is 9.53 Å².